The number of carbonyl (C=O) groups is 1. The summed E-state index contributed by atoms with van der Waals surface area (Å²) in [5, 5.41) is 7.60. The van der Waals surface area contributed by atoms with E-state index in [-0.39, 0.29) is 17.6 Å². The number of nitrogens with two attached hydrogens (primary N) is 1. The molecule has 4 aromatic heterocycles. The Morgan fingerprint density at radius 1 is 1.16 bits per heavy atom. The van der Waals surface area contributed by atoms with Crippen molar-refractivity contribution in [1.82, 2.24) is 35.0 Å². The minimum absolute atomic E-state index is 0.00278. The molecular formula is C22H21ClN8O. The van der Waals surface area contributed by atoms with Gasteiger partial charge in [-0.15, -0.1) is 0 Å². The predicted octanol–water partition coefficient (Wildman–Crippen LogP) is 3.37. The highest BCUT2D eigenvalue weighted by Crippen LogP contribution is 2.31. The van der Waals surface area contributed by atoms with Crippen molar-refractivity contribution in [3.63, 3.8) is 0 Å². The lowest BCUT2D eigenvalue weighted by molar-refractivity contribution is 0.0935. The summed E-state index contributed by atoms with van der Waals surface area (Å²) in [5.41, 5.74) is 9.69. The number of carbonyl (C=O) groups excluding carboxylic acids is 1. The molecule has 4 aromatic rings. The molecule has 0 aliphatic carbocycles. The van der Waals surface area contributed by atoms with Gasteiger partial charge in [-0.2, -0.15) is 5.10 Å². The zero-order valence-corrected chi connectivity index (χ0v) is 18.5. The first-order chi connectivity index (χ1) is 15.3. The number of aromatic nitrogens is 6. The molecule has 0 aromatic carbocycles. The Morgan fingerprint density at radius 3 is 2.62 bits per heavy atom. The Balaban J connectivity index is 1.80. The lowest BCUT2D eigenvalue weighted by atomic mass is 10.1. The molecule has 162 valence electrons. The van der Waals surface area contributed by atoms with Gasteiger partial charge in [-0.1, -0.05) is 17.7 Å². The van der Waals surface area contributed by atoms with Crippen LogP contribution in [0, 0.1) is 6.92 Å². The monoisotopic (exact) mass is 448 g/mol. The third-order valence-corrected chi connectivity index (χ3v) is 4.96. The fourth-order valence-corrected chi connectivity index (χ4v) is 3.52. The van der Waals surface area contributed by atoms with Crippen LogP contribution in [0.3, 0.4) is 0 Å². The topological polar surface area (TPSA) is 124 Å². The van der Waals surface area contributed by atoms with E-state index < -0.39 is 5.91 Å². The van der Waals surface area contributed by atoms with Gasteiger partial charge in [0.15, 0.2) is 11.5 Å². The van der Waals surface area contributed by atoms with Crippen LogP contribution in [0.5, 0.6) is 0 Å². The minimum atomic E-state index is -0.459. The maximum Gasteiger partial charge on any atom is 0.274 e. The number of amides is 1. The molecule has 1 unspecified atom stereocenters. The van der Waals surface area contributed by atoms with Gasteiger partial charge in [0.2, 0.25) is 0 Å². The van der Waals surface area contributed by atoms with Crippen molar-refractivity contribution >= 4 is 23.3 Å². The average molecular weight is 449 g/mol. The molecule has 0 saturated carbocycles. The van der Waals surface area contributed by atoms with Gasteiger partial charge in [0.25, 0.3) is 5.91 Å². The van der Waals surface area contributed by atoms with E-state index in [0.29, 0.717) is 39.2 Å². The number of halogens is 1. The quantitative estimate of drug-likeness (QED) is 0.448. The van der Waals surface area contributed by atoms with Gasteiger partial charge in [0, 0.05) is 30.7 Å². The largest absolute Gasteiger partial charge is 0.382 e. The number of anilines is 1. The number of rotatable bonds is 5. The molecule has 1 amide bonds. The fraction of sp³-hybridized carbons (Fsp3) is 0.182. The summed E-state index contributed by atoms with van der Waals surface area (Å²) < 4.78 is 1.65. The number of nitrogen functional groups attached to an aromatic ring is 1. The number of pyridine rings is 2. The zero-order chi connectivity index (χ0) is 22.8. The van der Waals surface area contributed by atoms with Crippen LogP contribution in [0.15, 0.2) is 48.8 Å². The number of nitrogens with one attached hydrogen (secondary N) is 1. The van der Waals surface area contributed by atoms with Crippen molar-refractivity contribution < 1.29 is 4.79 Å². The summed E-state index contributed by atoms with van der Waals surface area (Å²) in [6.45, 7) is 3.65. The van der Waals surface area contributed by atoms with E-state index in [1.54, 1.807) is 36.3 Å². The first-order valence-corrected chi connectivity index (χ1v) is 10.2. The van der Waals surface area contributed by atoms with Crippen LogP contribution in [-0.2, 0) is 7.05 Å². The Labute approximate surface area is 189 Å². The molecule has 0 fully saturated rings. The van der Waals surface area contributed by atoms with E-state index in [0.717, 1.165) is 0 Å². The number of hydrogen-bond acceptors (Lipinski definition) is 7. The van der Waals surface area contributed by atoms with Gasteiger partial charge in [-0.05, 0) is 44.2 Å². The molecule has 0 radical (unpaired) electrons. The number of aryl methyl sites for hydroxylation is 2. The SMILES string of the molecule is Cc1cc(-c2nc(C(=O)NC(C)c3ccccn3)c(N)nc2-c2ccn(C)n2)cc(Cl)n1. The van der Waals surface area contributed by atoms with Crippen LogP contribution >= 0.6 is 11.6 Å². The van der Waals surface area contributed by atoms with Crippen molar-refractivity contribution in [2.75, 3.05) is 5.73 Å². The highest BCUT2D eigenvalue weighted by Gasteiger charge is 2.23. The van der Waals surface area contributed by atoms with E-state index >= 15 is 0 Å². The molecule has 4 rings (SSSR count). The Morgan fingerprint density at radius 2 is 1.97 bits per heavy atom. The highest BCUT2D eigenvalue weighted by molar-refractivity contribution is 6.29. The standard InChI is InChI=1S/C22H21ClN8O/c1-12-10-14(11-17(23)26-12)18-19(16-7-9-31(3)30-16)29-21(24)20(28-18)22(32)27-13(2)15-6-4-5-8-25-15/h4-11,13H,1-3H3,(H2,24,29)(H,27,32). The lowest BCUT2D eigenvalue weighted by Gasteiger charge is -2.15. The molecule has 32 heavy (non-hydrogen) atoms. The van der Waals surface area contributed by atoms with Gasteiger partial charge in [-0.25, -0.2) is 15.0 Å². The van der Waals surface area contributed by atoms with Gasteiger partial charge in [-0.3, -0.25) is 14.5 Å². The maximum absolute atomic E-state index is 13.0. The molecule has 0 bridgehead atoms. The van der Waals surface area contributed by atoms with Crippen LogP contribution in [0.4, 0.5) is 5.82 Å². The predicted molar refractivity (Wildman–Crippen MR) is 122 cm³/mol. The normalized spacial score (nSPS) is 11.9. The summed E-state index contributed by atoms with van der Waals surface area (Å²) in [7, 11) is 1.80. The Hall–Kier alpha value is -3.85. The van der Waals surface area contributed by atoms with E-state index in [9.17, 15) is 4.79 Å². The summed E-state index contributed by atoms with van der Waals surface area (Å²) in [4.78, 5) is 30.6. The van der Waals surface area contributed by atoms with Crippen LogP contribution in [0.2, 0.25) is 5.15 Å². The van der Waals surface area contributed by atoms with E-state index in [2.05, 4.69) is 30.4 Å². The third kappa shape index (κ3) is 4.42. The van der Waals surface area contributed by atoms with Crippen LogP contribution < -0.4 is 11.1 Å². The van der Waals surface area contributed by atoms with Crippen LogP contribution in [0.1, 0.15) is 34.8 Å². The summed E-state index contributed by atoms with van der Waals surface area (Å²) in [6, 6.07) is 10.4. The number of nitrogens with zero attached hydrogens (tertiary/aromatic N) is 6. The maximum atomic E-state index is 13.0. The molecule has 9 nitrogen and oxygen atoms in total. The van der Waals surface area contributed by atoms with E-state index in [1.807, 2.05) is 38.1 Å². The van der Waals surface area contributed by atoms with E-state index in [4.69, 9.17) is 17.3 Å². The summed E-state index contributed by atoms with van der Waals surface area (Å²) in [6.07, 6.45) is 3.46. The third-order valence-electron chi connectivity index (χ3n) is 4.77. The first kappa shape index (κ1) is 21.4. The summed E-state index contributed by atoms with van der Waals surface area (Å²) >= 11 is 6.18. The van der Waals surface area contributed by atoms with Gasteiger partial charge < -0.3 is 11.1 Å². The zero-order valence-electron chi connectivity index (χ0n) is 17.7. The summed E-state index contributed by atoms with van der Waals surface area (Å²) in [5.74, 6) is -0.462. The van der Waals surface area contributed by atoms with Crippen molar-refractivity contribution in [2.24, 2.45) is 7.05 Å². The molecule has 0 spiro atoms. The molecule has 10 heteroatoms. The van der Waals surface area contributed by atoms with Crippen molar-refractivity contribution in [3.8, 4) is 22.6 Å². The second-order valence-corrected chi connectivity index (χ2v) is 7.69. The van der Waals surface area contributed by atoms with Gasteiger partial charge >= 0.3 is 0 Å². The van der Waals surface area contributed by atoms with Crippen LogP contribution in [0.25, 0.3) is 22.6 Å². The van der Waals surface area contributed by atoms with Crippen molar-refractivity contribution in [3.05, 3.63) is 71.0 Å². The Kier molecular flexibility index (Phi) is 5.83. The lowest BCUT2D eigenvalue weighted by Crippen LogP contribution is -2.29. The Bertz CT molecular complexity index is 1270. The number of hydrogen-bond donors (Lipinski definition) is 2. The second-order valence-electron chi connectivity index (χ2n) is 7.30. The van der Waals surface area contributed by atoms with Crippen molar-refractivity contribution in [2.45, 2.75) is 19.9 Å². The average Bonchev–Trinajstić information content (AvgIpc) is 3.19. The molecule has 0 saturated heterocycles. The minimum Gasteiger partial charge on any atom is -0.382 e. The van der Waals surface area contributed by atoms with Crippen LogP contribution in [-0.4, -0.2) is 35.6 Å². The second kappa shape index (κ2) is 8.72. The molecule has 4 heterocycles. The molecule has 0 aliphatic heterocycles. The molecule has 1 atom stereocenters. The van der Waals surface area contributed by atoms with Gasteiger partial charge in [0.05, 0.1) is 17.4 Å². The first-order valence-electron chi connectivity index (χ1n) is 9.85. The molecule has 0 aliphatic rings. The molecule has 3 N–H and O–H groups in total. The molecular weight excluding hydrogens is 428 g/mol. The van der Waals surface area contributed by atoms with E-state index in [1.165, 1.54) is 0 Å². The fourth-order valence-electron chi connectivity index (χ4n) is 3.27. The highest BCUT2D eigenvalue weighted by atomic mass is 35.5. The van der Waals surface area contributed by atoms with Gasteiger partial charge in [0.1, 0.15) is 16.5 Å². The smallest absolute Gasteiger partial charge is 0.274 e. The van der Waals surface area contributed by atoms with Crippen molar-refractivity contribution in [1.29, 1.82) is 0 Å².